The molecule has 0 aliphatic heterocycles. The Hall–Kier alpha value is -1.91. The molecule has 0 aliphatic carbocycles. The predicted molar refractivity (Wildman–Crippen MR) is 76.6 cm³/mol. The van der Waals surface area contributed by atoms with Crippen LogP contribution in [0.3, 0.4) is 0 Å². The van der Waals surface area contributed by atoms with Gasteiger partial charge in [0.25, 0.3) is 0 Å². The number of fused-ring (bicyclic) bond motifs is 1. The average Bonchev–Trinajstić information content (AvgIpc) is 2.46. The first-order chi connectivity index (χ1) is 9.72. The van der Waals surface area contributed by atoms with Crippen molar-refractivity contribution in [3.8, 4) is 0 Å². The SMILES string of the molecule is COCOC[C@@H](Cc1cccc2ccccc12)C(=O)O. The molecule has 0 aliphatic rings. The molecule has 4 nitrogen and oxygen atoms in total. The Morgan fingerprint density at radius 3 is 2.70 bits per heavy atom. The molecular weight excluding hydrogens is 256 g/mol. The summed E-state index contributed by atoms with van der Waals surface area (Å²) in [6.07, 6.45) is 0.445. The number of methoxy groups -OCH3 is 1. The van der Waals surface area contributed by atoms with E-state index in [4.69, 9.17) is 9.47 Å². The minimum atomic E-state index is -0.853. The van der Waals surface area contributed by atoms with Crippen molar-refractivity contribution in [3.63, 3.8) is 0 Å². The molecule has 0 unspecified atom stereocenters. The number of aliphatic carboxylic acids is 1. The molecule has 0 amide bonds. The van der Waals surface area contributed by atoms with Gasteiger partial charge in [-0.2, -0.15) is 0 Å². The van der Waals surface area contributed by atoms with Crippen LogP contribution in [0.15, 0.2) is 42.5 Å². The van der Waals surface area contributed by atoms with Crippen molar-refractivity contribution in [1.29, 1.82) is 0 Å². The fourth-order valence-electron chi connectivity index (χ4n) is 2.23. The second kappa shape index (κ2) is 7.03. The highest BCUT2D eigenvalue weighted by atomic mass is 16.7. The number of carbonyl (C=O) groups is 1. The third-order valence-electron chi connectivity index (χ3n) is 3.22. The van der Waals surface area contributed by atoms with Crippen LogP contribution in [0.1, 0.15) is 5.56 Å². The normalized spacial score (nSPS) is 12.4. The number of hydrogen-bond donors (Lipinski definition) is 1. The van der Waals surface area contributed by atoms with E-state index in [9.17, 15) is 9.90 Å². The Bertz CT molecular complexity index is 574. The molecule has 2 aromatic carbocycles. The highest BCUT2D eigenvalue weighted by Crippen LogP contribution is 2.21. The topological polar surface area (TPSA) is 55.8 Å². The van der Waals surface area contributed by atoms with Crippen LogP contribution in [0.25, 0.3) is 10.8 Å². The molecule has 2 aromatic rings. The van der Waals surface area contributed by atoms with Crippen LogP contribution < -0.4 is 0 Å². The Morgan fingerprint density at radius 1 is 1.20 bits per heavy atom. The van der Waals surface area contributed by atoms with Gasteiger partial charge in [0.15, 0.2) is 0 Å². The number of carboxylic acids is 1. The van der Waals surface area contributed by atoms with Gasteiger partial charge >= 0.3 is 5.97 Å². The zero-order valence-electron chi connectivity index (χ0n) is 11.4. The molecule has 4 heteroatoms. The summed E-state index contributed by atoms with van der Waals surface area (Å²) in [6, 6.07) is 13.9. The number of benzene rings is 2. The van der Waals surface area contributed by atoms with Crippen molar-refractivity contribution in [2.45, 2.75) is 6.42 Å². The molecule has 2 rings (SSSR count). The van der Waals surface area contributed by atoms with Gasteiger partial charge in [-0.05, 0) is 22.8 Å². The lowest BCUT2D eigenvalue weighted by atomic mass is 9.95. The van der Waals surface area contributed by atoms with Crippen molar-refractivity contribution >= 4 is 16.7 Å². The first-order valence-electron chi connectivity index (χ1n) is 6.48. The maximum Gasteiger partial charge on any atom is 0.309 e. The second-order valence-electron chi connectivity index (χ2n) is 4.65. The predicted octanol–water partition coefficient (Wildman–Crippen LogP) is 2.70. The number of carboxylic acid groups (broad SMARTS) is 1. The molecule has 0 heterocycles. The molecular formula is C16H18O4. The lowest BCUT2D eigenvalue weighted by Gasteiger charge is -2.14. The van der Waals surface area contributed by atoms with Gasteiger partial charge in [-0.15, -0.1) is 0 Å². The van der Waals surface area contributed by atoms with E-state index in [0.717, 1.165) is 16.3 Å². The number of rotatable bonds is 7. The molecule has 1 atom stereocenters. The summed E-state index contributed by atoms with van der Waals surface area (Å²) in [5.74, 6) is -1.43. The molecule has 0 radical (unpaired) electrons. The van der Waals surface area contributed by atoms with Crippen LogP contribution in [-0.4, -0.2) is 31.6 Å². The highest BCUT2D eigenvalue weighted by Gasteiger charge is 2.19. The van der Waals surface area contributed by atoms with Crippen molar-refractivity contribution in [2.24, 2.45) is 5.92 Å². The number of ether oxygens (including phenoxy) is 2. The summed E-state index contributed by atoms with van der Waals surface area (Å²) < 4.78 is 9.96. The monoisotopic (exact) mass is 274 g/mol. The molecule has 0 saturated carbocycles. The van der Waals surface area contributed by atoms with Gasteiger partial charge in [0.05, 0.1) is 12.5 Å². The van der Waals surface area contributed by atoms with E-state index in [1.165, 1.54) is 7.11 Å². The van der Waals surface area contributed by atoms with E-state index in [1.807, 2.05) is 42.5 Å². The van der Waals surface area contributed by atoms with Gasteiger partial charge in [-0.25, -0.2) is 0 Å². The van der Waals surface area contributed by atoms with Crippen molar-refractivity contribution in [1.82, 2.24) is 0 Å². The van der Waals surface area contributed by atoms with Gasteiger partial charge in [0.1, 0.15) is 6.79 Å². The van der Waals surface area contributed by atoms with Crippen molar-refractivity contribution in [3.05, 3.63) is 48.0 Å². The van der Waals surface area contributed by atoms with Crippen molar-refractivity contribution in [2.75, 3.05) is 20.5 Å². The van der Waals surface area contributed by atoms with E-state index in [0.29, 0.717) is 6.42 Å². The van der Waals surface area contributed by atoms with Gasteiger partial charge in [-0.1, -0.05) is 42.5 Å². The first-order valence-corrected chi connectivity index (χ1v) is 6.48. The molecule has 0 saturated heterocycles. The van der Waals surface area contributed by atoms with Crippen LogP contribution in [0.2, 0.25) is 0 Å². The number of hydrogen-bond acceptors (Lipinski definition) is 3. The molecule has 106 valence electrons. The Kier molecular flexibility index (Phi) is 5.09. The fraction of sp³-hybridized carbons (Fsp3) is 0.312. The smallest absolute Gasteiger partial charge is 0.309 e. The summed E-state index contributed by atoms with van der Waals surface area (Å²) >= 11 is 0. The van der Waals surface area contributed by atoms with Crippen molar-refractivity contribution < 1.29 is 19.4 Å². The Labute approximate surface area is 117 Å². The van der Waals surface area contributed by atoms with Crippen LogP contribution in [0.4, 0.5) is 0 Å². The van der Waals surface area contributed by atoms with Crippen LogP contribution in [-0.2, 0) is 20.7 Å². The largest absolute Gasteiger partial charge is 0.481 e. The molecule has 0 spiro atoms. The molecule has 0 aromatic heterocycles. The third kappa shape index (κ3) is 3.56. The van der Waals surface area contributed by atoms with Gasteiger partial charge in [-0.3, -0.25) is 4.79 Å². The zero-order valence-corrected chi connectivity index (χ0v) is 11.4. The summed E-state index contributed by atoms with van der Waals surface area (Å²) in [5, 5.41) is 11.5. The maximum absolute atomic E-state index is 11.3. The summed E-state index contributed by atoms with van der Waals surface area (Å²) in [6.45, 7) is 0.256. The summed E-state index contributed by atoms with van der Waals surface area (Å²) in [7, 11) is 1.51. The minimum Gasteiger partial charge on any atom is -0.481 e. The maximum atomic E-state index is 11.3. The van der Waals surface area contributed by atoms with Crippen LogP contribution >= 0.6 is 0 Å². The van der Waals surface area contributed by atoms with Gasteiger partial charge in [0.2, 0.25) is 0 Å². The summed E-state index contributed by atoms with van der Waals surface area (Å²) in [5.41, 5.74) is 1.02. The van der Waals surface area contributed by atoms with E-state index in [1.54, 1.807) is 0 Å². The lowest BCUT2D eigenvalue weighted by Crippen LogP contribution is -2.22. The summed E-state index contributed by atoms with van der Waals surface area (Å²) in [4.78, 5) is 11.3. The molecule has 0 fully saturated rings. The quantitative estimate of drug-likeness (QED) is 0.623. The minimum absolute atomic E-state index is 0.110. The van der Waals surface area contributed by atoms with E-state index >= 15 is 0 Å². The Morgan fingerprint density at radius 2 is 1.95 bits per heavy atom. The third-order valence-corrected chi connectivity index (χ3v) is 3.22. The molecule has 0 bridgehead atoms. The fourth-order valence-corrected chi connectivity index (χ4v) is 2.23. The van der Waals surface area contributed by atoms with E-state index in [-0.39, 0.29) is 13.4 Å². The van der Waals surface area contributed by atoms with Gasteiger partial charge in [0, 0.05) is 7.11 Å². The molecule has 1 N–H and O–H groups in total. The second-order valence-corrected chi connectivity index (χ2v) is 4.65. The first kappa shape index (κ1) is 14.5. The average molecular weight is 274 g/mol. The van der Waals surface area contributed by atoms with Gasteiger partial charge < -0.3 is 14.6 Å². The van der Waals surface area contributed by atoms with Crippen LogP contribution in [0, 0.1) is 5.92 Å². The molecule has 20 heavy (non-hydrogen) atoms. The lowest BCUT2D eigenvalue weighted by molar-refractivity contribution is -0.145. The highest BCUT2D eigenvalue weighted by molar-refractivity contribution is 5.86. The zero-order chi connectivity index (χ0) is 14.4. The van der Waals surface area contributed by atoms with Crippen LogP contribution in [0.5, 0.6) is 0 Å². The Balaban J connectivity index is 2.18. The van der Waals surface area contributed by atoms with E-state index in [2.05, 4.69) is 0 Å². The standard InChI is InChI=1S/C16H18O4/c1-19-11-20-10-14(16(17)18)9-13-7-4-6-12-5-2-3-8-15(12)13/h2-8,14H,9-11H2,1H3,(H,17,18)/t14-/m1/s1. The van der Waals surface area contributed by atoms with E-state index < -0.39 is 11.9 Å².